The quantitative estimate of drug-likeness (QED) is 0.601. The molecule has 0 aliphatic carbocycles. The van der Waals surface area contributed by atoms with Crippen molar-refractivity contribution in [2.45, 2.75) is 27.2 Å². The summed E-state index contributed by atoms with van der Waals surface area (Å²) < 4.78 is 1.59. The van der Waals surface area contributed by atoms with Crippen LogP contribution in [-0.4, -0.2) is 33.5 Å². The SMILES string of the molecule is CC(=O)c1ccc(NC(=O)c2nc(C(=O)NCCC(C)C)c3ccccn23)cc1. The van der Waals surface area contributed by atoms with Gasteiger partial charge in [0.25, 0.3) is 11.8 Å². The Hall–Kier alpha value is -3.48. The summed E-state index contributed by atoms with van der Waals surface area (Å²) in [5.41, 5.74) is 1.88. The Bertz CT molecular complexity index is 1050. The van der Waals surface area contributed by atoms with Crippen molar-refractivity contribution in [3.05, 3.63) is 65.7 Å². The highest BCUT2D eigenvalue weighted by Crippen LogP contribution is 2.16. The first kappa shape index (κ1) is 20.3. The summed E-state index contributed by atoms with van der Waals surface area (Å²) in [7, 11) is 0. The molecule has 1 aromatic carbocycles. The number of ketones is 1. The number of hydrogen-bond acceptors (Lipinski definition) is 4. The summed E-state index contributed by atoms with van der Waals surface area (Å²) >= 11 is 0. The van der Waals surface area contributed by atoms with Crippen LogP contribution in [-0.2, 0) is 0 Å². The zero-order valence-corrected chi connectivity index (χ0v) is 16.7. The van der Waals surface area contributed by atoms with Crippen LogP contribution in [0.1, 0.15) is 58.7 Å². The summed E-state index contributed by atoms with van der Waals surface area (Å²) in [6, 6.07) is 11.9. The van der Waals surface area contributed by atoms with E-state index in [1.54, 1.807) is 53.1 Å². The maximum atomic E-state index is 12.8. The molecule has 2 N–H and O–H groups in total. The normalized spacial score (nSPS) is 10.9. The number of aromatic nitrogens is 2. The molecule has 2 heterocycles. The number of imidazole rings is 1. The van der Waals surface area contributed by atoms with Crippen LogP contribution in [0.3, 0.4) is 0 Å². The van der Waals surface area contributed by atoms with Gasteiger partial charge in [0.2, 0.25) is 5.82 Å². The van der Waals surface area contributed by atoms with Crippen molar-refractivity contribution in [2.24, 2.45) is 5.92 Å². The lowest BCUT2D eigenvalue weighted by Gasteiger charge is -2.05. The lowest BCUT2D eigenvalue weighted by Crippen LogP contribution is -2.26. The van der Waals surface area contributed by atoms with Gasteiger partial charge < -0.3 is 10.6 Å². The van der Waals surface area contributed by atoms with E-state index in [4.69, 9.17) is 0 Å². The molecule has 0 saturated carbocycles. The van der Waals surface area contributed by atoms with Gasteiger partial charge in [-0.1, -0.05) is 19.9 Å². The van der Waals surface area contributed by atoms with Gasteiger partial charge in [0, 0.05) is 24.0 Å². The lowest BCUT2D eigenvalue weighted by atomic mass is 10.1. The van der Waals surface area contributed by atoms with Crippen LogP contribution in [0.5, 0.6) is 0 Å². The molecule has 0 saturated heterocycles. The molecule has 2 amide bonds. The molecule has 0 aliphatic rings. The maximum Gasteiger partial charge on any atom is 0.292 e. The number of nitrogens with zero attached hydrogens (tertiary/aromatic N) is 2. The monoisotopic (exact) mass is 392 g/mol. The number of Topliss-reactive ketones (excluding diaryl/α,β-unsaturated/α-hetero) is 1. The average molecular weight is 392 g/mol. The molecule has 0 aliphatic heterocycles. The molecular formula is C22H24N4O3. The molecule has 3 rings (SSSR count). The van der Waals surface area contributed by atoms with Crippen molar-refractivity contribution in [1.82, 2.24) is 14.7 Å². The molecular weight excluding hydrogens is 368 g/mol. The molecule has 0 fully saturated rings. The molecule has 0 spiro atoms. The van der Waals surface area contributed by atoms with E-state index in [1.807, 2.05) is 0 Å². The number of carbonyl (C=O) groups is 3. The second kappa shape index (κ2) is 8.68. The van der Waals surface area contributed by atoms with E-state index >= 15 is 0 Å². The van der Waals surface area contributed by atoms with Gasteiger partial charge in [-0.15, -0.1) is 0 Å². The number of fused-ring (bicyclic) bond motifs is 1. The predicted octanol–water partition coefficient (Wildman–Crippen LogP) is 3.57. The highest BCUT2D eigenvalue weighted by atomic mass is 16.2. The van der Waals surface area contributed by atoms with Crippen LogP contribution in [0.2, 0.25) is 0 Å². The maximum absolute atomic E-state index is 12.8. The largest absolute Gasteiger partial charge is 0.351 e. The van der Waals surface area contributed by atoms with Gasteiger partial charge in [0.15, 0.2) is 11.5 Å². The fourth-order valence-corrected chi connectivity index (χ4v) is 2.90. The Balaban J connectivity index is 1.84. The van der Waals surface area contributed by atoms with Gasteiger partial charge in [-0.25, -0.2) is 4.98 Å². The highest BCUT2D eigenvalue weighted by molar-refractivity contribution is 6.06. The molecule has 29 heavy (non-hydrogen) atoms. The van der Waals surface area contributed by atoms with E-state index in [-0.39, 0.29) is 23.2 Å². The molecule has 0 unspecified atom stereocenters. The van der Waals surface area contributed by atoms with Gasteiger partial charge in [-0.3, -0.25) is 18.8 Å². The van der Waals surface area contributed by atoms with Gasteiger partial charge in [0.05, 0.1) is 5.52 Å². The minimum absolute atomic E-state index is 0.0461. The molecule has 0 atom stereocenters. The molecule has 0 bridgehead atoms. The first-order valence-corrected chi connectivity index (χ1v) is 9.54. The van der Waals surface area contributed by atoms with E-state index in [0.717, 1.165) is 6.42 Å². The van der Waals surface area contributed by atoms with E-state index in [2.05, 4.69) is 29.5 Å². The van der Waals surface area contributed by atoms with Crippen molar-refractivity contribution < 1.29 is 14.4 Å². The average Bonchev–Trinajstić information content (AvgIpc) is 3.08. The van der Waals surface area contributed by atoms with Crippen LogP contribution in [0.25, 0.3) is 5.52 Å². The topological polar surface area (TPSA) is 92.6 Å². The van der Waals surface area contributed by atoms with E-state index in [0.29, 0.717) is 29.2 Å². The fourth-order valence-electron chi connectivity index (χ4n) is 2.90. The standard InChI is InChI=1S/C22H24N4O3/c1-14(2)11-12-23-21(28)19-18-6-4-5-13-26(18)20(25-19)22(29)24-17-9-7-16(8-10-17)15(3)27/h4-10,13-14H,11-12H2,1-3H3,(H,23,28)(H,24,29). The van der Waals surface area contributed by atoms with Crippen molar-refractivity contribution in [3.63, 3.8) is 0 Å². The molecule has 150 valence electrons. The minimum Gasteiger partial charge on any atom is -0.351 e. The van der Waals surface area contributed by atoms with Crippen molar-refractivity contribution >= 4 is 28.8 Å². The first-order chi connectivity index (χ1) is 13.9. The van der Waals surface area contributed by atoms with Crippen LogP contribution in [0.4, 0.5) is 5.69 Å². The van der Waals surface area contributed by atoms with Gasteiger partial charge in [0.1, 0.15) is 0 Å². The number of hydrogen-bond donors (Lipinski definition) is 2. The summed E-state index contributed by atoms with van der Waals surface area (Å²) in [6.45, 7) is 6.21. The minimum atomic E-state index is -0.442. The predicted molar refractivity (Wildman–Crippen MR) is 111 cm³/mol. The lowest BCUT2D eigenvalue weighted by molar-refractivity contribution is 0.0948. The fraction of sp³-hybridized carbons (Fsp3) is 0.273. The van der Waals surface area contributed by atoms with Crippen LogP contribution >= 0.6 is 0 Å². The number of nitrogens with one attached hydrogen (secondary N) is 2. The summed E-state index contributed by atoms with van der Waals surface area (Å²) in [4.78, 5) is 41.1. The zero-order chi connectivity index (χ0) is 21.0. The molecule has 7 heteroatoms. The Labute approximate surface area is 169 Å². The number of carbonyl (C=O) groups excluding carboxylic acids is 3. The van der Waals surface area contributed by atoms with Crippen LogP contribution in [0, 0.1) is 5.92 Å². The van der Waals surface area contributed by atoms with E-state index < -0.39 is 5.91 Å². The number of anilines is 1. The number of amides is 2. The number of rotatable bonds is 7. The Morgan fingerprint density at radius 2 is 1.76 bits per heavy atom. The van der Waals surface area contributed by atoms with Crippen LogP contribution < -0.4 is 10.6 Å². The Morgan fingerprint density at radius 1 is 1.03 bits per heavy atom. The zero-order valence-electron chi connectivity index (χ0n) is 16.7. The molecule has 3 aromatic rings. The van der Waals surface area contributed by atoms with Crippen LogP contribution in [0.15, 0.2) is 48.7 Å². The smallest absolute Gasteiger partial charge is 0.292 e. The summed E-state index contributed by atoms with van der Waals surface area (Å²) in [6.07, 6.45) is 2.56. The van der Waals surface area contributed by atoms with Gasteiger partial charge >= 0.3 is 0 Å². The Kier molecular flexibility index (Phi) is 6.07. The molecule has 7 nitrogen and oxygen atoms in total. The van der Waals surface area contributed by atoms with Crippen molar-refractivity contribution in [2.75, 3.05) is 11.9 Å². The second-order valence-electron chi connectivity index (χ2n) is 7.27. The number of benzene rings is 1. The third-order valence-electron chi connectivity index (χ3n) is 4.52. The Morgan fingerprint density at radius 3 is 2.41 bits per heavy atom. The second-order valence-corrected chi connectivity index (χ2v) is 7.27. The first-order valence-electron chi connectivity index (χ1n) is 9.54. The third-order valence-corrected chi connectivity index (χ3v) is 4.52. The number of pyridine rings is 1. The molecule has 2 aromatic heterocycles. The van der Waals surface area contributed by atoms with E-state index in [9.17, 15) is 14.4 Å². The van der Waals surface area contributed by atoms with Crippen molar-refractivity contribution in [3.8, 4) is 0 Å². The van der Waals surface area contributed by atoms with E-state index in [1.165, 1.54) is 6.92 Å². The summed E-state index contributed by atoms with van der Waals surface area (Å²) in [5, 5.41) is 5.62. The summed E-state index contributed by atoms with van der Waals surface area (Å²) in [5.74, 6) is -0.201. The van der Waals surface area contributed by atoms with Gasteiger partial charge in [-0.05, 0) is 55.7 Å². The highest BCUT2D eigenvalue weighted by Gasteiger charge is 2.21. The van der Waals surface area contributed by atoms with Gasteiger partial charge in [-0.2, -0.15) is 0 Å². The van der Waals surface area contributed by atoms with Crippen molar-refractivity contribution in [1.29, 1.82) is 0 Å². The third kappa shape index (κ3) is 4.68. The molecule has 0 radical (unpaired) electrons.